The molecule has 0 spiro atoms. The molecule has 1 aromatic rings. The number of cyclic esters (lactones) is 1. The van der Waals surface area contributed by atoms with Crippen LogP contribution in [-0.2, 0) is 15.6 Å². The molecule has 1 fully saturated rings. The second kappa shape index (κ2) is 6.18. The Bertz CT molecular complexity index is 509. The minimum absolute atomic E-state index is 0.0257. The van der Waals surface area contributed by atoms with Crippen LogP contribution in [0.4, 0.5) is 0 Å². The molecular weight excluding hydrogens is 276 g/mol. The standard InChI is InChI=1S/C18H26O2Si/c1-5-6-10-13-18(15(2)17(19)20-18)21(3,4)14-16-11-8-7-9-12-16/h5,7-9,11-12,15H,1,6,10,13-14H2,2-4H3/t15-,18-/m0/s1. The lowest BCUT2D eigenvalue weighted by atomic mass is 9.93. The molecule has 3 heteroatoms. The summed E-state index contributed by atoms with van der Waals surface area (Å²) in [5.41, 5.74) is 1.35. The van der Waals surface area contributed by atoms with Crippen LogP contribution in [0.2, 0.25) is 13.1 Å². The van der Waals surface area contributed by atoms with Gasteiger partial charge in [0.1, 0.15) is 13.3 Å². The molecule has 114 valence electrons. The van der Waals surface area contributed by atoms with Gasteiger partial charge in [0, 0.05) is 0 Å². The molecule has 0 aliphatic carbocycles. The van der Waals surface area contributed by atoms with E-state index in [2.05, 4.69) is 43.9 Å². The highest BCUT2D eigenvalue weighted by atomic mass is 28.3. The summed E-state index contributed by atoms with van der Waals surface area (Å²) in [5.74, 6) is 0.00920. The van der Waals surface area contributed by atoms with Crippen molar-refractivity contribution in [2.45, 2.75) is 50.5 Å². The second-order valence-electron chi connectivity index (χ2n) is 6.76. The van der Waals surface area contributed by atoms with Crippen molar-refractivity contribution in [3.05, 3.63) is 48.6 Å². The molecule has 0 bridgehead atoms. The van der Waals surface area contributed by atoms with Gasteiger partial charge in [-0.05, 0) is 32.2 Å². The number of benzene rings is 1. The van der Waals surface area contributed by atoms with E-state index in [1.54, 1.807) is 0 Å². The SMILES string of the molecule is C=CCCC[C@@]1([Si](C)(C)Cc2ccccc2)OC(=O)[C@@H]1C. The molecule has 2 nitrogen and oxygen atoms in total. The maximum atomic E-state index is 11.8. The number of ether oxygens (including phenoxy) is 1. The Hall–Kier alpha value is -1.35. The van der Waals surface area contributed by atoms with Crippen molar-refractivity contribution >= 4 is 14.0 Å². The van der Waals surface area contributed by atoms with Crippen LogP contribution < -0.4 is 0 Å². The summed E-state index contributed by atoms with van der Waals surface area (Å²) in [4.78, 5) is 11.8. The zero-order valence-electron chi connectivity index (χ0n) is 13.4. The minimum Gasteiger partial charge on any atom is -0.462 e. The number of carbonyl (C=O) groups is 1. The van der Waals surface area contributed by atoms with Gasteiger partial charge >= 0.3 is 5.97 Å². The normalized spacial score (nSPS) is 25.1. The molecule has 0 amide bonds. The third-order valence-electron chi connectivity index (χ3n) is 4.93. The quantitative estimate of drug-likeness (QED) is 0.325. The van der Waals surface area contributed by atoms with Crippen molar-refractivity contribution in [1.82, 2.24) is 0 Å². The summed E-state index contributed by atoms with van der Waals surface area (Å²) in [6.07, 6.45) is 4.96. The predicted molar refractivity (Wildman–Crippen MR) is 89.7 cm³/mol. The Morgan fingerprint density at radius 1 is 1.33 bits per heavy atom. The fourth-order valence-corrected chi connectivity index (χ4v) is 7.66. The Balaban J connectivity index is 2.19. The van der Waals surface area contributed by atoms with Crippen molar-refractivity contribution in [2.75, 3.05) is 0 Å². The van der Waals surface area contributed by atoms with Gasteiger partial charge in [-0.1, -0.05) is 55.1 Å². The van der Waals surface area contributed by atoms with Crippen molar-refractivity contribution in [3.63, 3.8) is 0 Å². The number of esters is 1. The molecule has 1 heterocycles. The maximum absolute atomic E-state index is 11.8. The lowest BCUT2D eigenvalue weighted by molar-refractivity contribution is -0.195. The average molecular weight is 302 g/mol. The summed E-state index contributed by atoms with van der Waals surface area (Å²) >= 11 is 0. The number of hydrogen-bond acceptors (Lipinski definition) is 2. The van der Waals surface area contributed by atoms with E-state index < -0.39 is 8.07 Å². The molecule has 0 radical (unpaired) electrons. The van der Waals surface area contributed by atoms with Gasteiger partial charge in [0.15, 0.2) is 0 Å². The molecule has 1 saturated heterocycles. The molecule has 1 aliphatic heterocycles. The molecule has 1 aliphatic rings. The van der Waals surface area contributed by atoms with Gasteiger partial charge in [-0.3, -0.25) is 4.79 Å². The molecule has 0 saturated carbocycles. The monoisotopic (exact) mass is 302 g/mol. The number of hydrogen-bond donors (Lipinski definition) is 0. The molecule has 0 N–H and O–H groups in total. The Kier molecular flexibility index (Phi) is 4.72. The number of carbonyl (C=O) groups excluding carboxylic acids is 1. The topological polar surface area (TPSA) is 26.3 Å². The van der Waals surface area contributed by atoms with Crippen molar-refractivity contribution in [1.29, 1.82) is 0 Å². The first-order valence-electron chi connectivity index (χ1n) is 7.80. The number of allylic oxidation sites excluding steroid dienone is 1. The fraction of sp³-hybridized carbons (Fsp3) is 0.500. The van der Waals surface area contributed by atoms with Gasteiger partial charge in [0.2, 0.25) is 0 Å². The lowest BCUT2D eigenvalue weighted by Gasteiger charge is -2.55. The molecule has 0 unspecified atom stereocenters. The van der Waals surface area contributed by atoms with Gasteiger partial charge in [-0.25, -0.2) is 0 Å². The van der Waals surface area contributed by atoms with E-state index in [1.165, 1.54) is 5.56 Å². The highest BCUT2D eigenvalue weighted by Crippen LogP contribution is 2.46. The van der Waals surface area contributed by atoms with E-state index in [1.807, 2.05) is 19.1 Å². The summed E-state index contributed by atoms with van der Waals surface area (Å²) < 4.78 is 5.81. The molecular formula is C18H26O2Si. The van der Waals surface area contributed by atoms with Gasteiger partial charge in [0.05, 0.1) is 5.92 Å². The third-order valence-corrected chi connectivity index (χ3v) is 9.30. The fourth-order valence-electron chi connectivity index (χ4n) is 3.58. The van der Waals surface area contributed by atoms with E-state index in [0.29, 0.717) is 0 Å². The van der Waals surface area contributed by atoms with Gasteiger partial charge in [-0.2, -0.15) is 0 Å². The number of unbranched alkanes of at least 4 members (excludes halogenated alkanes) is 1. The largest absolute Gasteiger partial charge is 0.462 e. The van der Waals surface area contributed by atoms with Gasteiger partial charge in [-0.15, -0.1) is 6.58 Å². The maximum Gasteiger partial charge on any atom is 0.312 e. The van der Waals surface area contributed by atoms with E-state index in [-0.39, 0.29) is 17.1 Å². The Morgan fingerprint density at radius 3 is 2.52 bits per heavy atom. The first-order valence-corrected chi connectivity index (χ1v) is 11.0. The smallest absolute Gasteiger partial charge is 0.312 e. The summed E-state index contributed by atoms with van der Waals surface area (Å²) in [7, 11) is -1.74. The van der Waals surface area contributed by atoms with Crippen LogP contribution in [0.5, 0.6) is 0 Å². The minimum atomic E-state index is -1.74. The summed E-state index contributed by atoms with van der Waals surface area (Å²) in [5, 5.41) is -0.205. The summed E-state index contributed by atoms with van der Waals surface area (Å²) in [6, 6.07) is 11.6. The zero-order chi connectivity index (χ0) is 15.5. The van der Waals surface area contributed by atoms with E-state index in [4.69, 9.17) is 4.74 Å². The van der Waals surface area contributed by atoms with Crippen LogP contribution in [-0.4, -0.2) is 19.3 Å². The zero-order valence-corrected chi connectivity index (χ0v) is 14.4. The van der Waals surface area contributed by atoms with Crippen LogP contribution in [0.3, 0.4) is 0 Å². The predicted octanol–water partition coefficient (Wildman–Crippen LogP) is 4.30. The van der Waals surface area contributed by atoms with E-state index in [0.717, 1.165) is 25.3 Å². The van der Waals surface area contributed by atoms with Crippen LogP contribution in [0, 0.1) is 5.92 Å². The third kappa shape index (κ3) is 2.98. The molecule has 2 atom stereocenters. The first-order chi connectivity index (χ1) is 9.93. The van der Waals surface area contributed by atoms with Crippen molar-refractivity contribution in [3.8, 4) is 0 Å². The van der Waals surface area contributed by atoms with Gasteiger partial charge in [0.25, 0.3) is 0 Å². The molecule has 1 aromatic carbocycles. The number of rotatable bonds is 7. The van der Waals surface area contributed by atoms with E-state index in [9.17, 15) is 4.79 Å². The average Bonchev–Trinajstić information content (AvgIpc) is 2.46. The summed E-state index contributed by atoms with van der Waals surface area (Å²) in [6.45, 7) is 10.5. The Labute approximate surface area is 129 Å². The van der Waals surface area contributed by atoms with Crippen LogP contribution in [0.1, 0.15) is 31.7 Å². The van der Waals surface area contributed by atoms with E-state index >= 15 is 0 Å². The Morgan fingerprint density at radius 2 is 2.00 bits per heavy atom. The molecule has 0 aromatic heterocycles. The van der Waals surface area contributed by atoms with Crippen LogP contribution >= 0.6 is 0 Å². The van der Waals surface area contributed by atoms with Crippen molar-refractivity contribution < 1.29 is 9.53 Å². The first kappa shape index (κ1) is 16.0. The van der Waals surface area contributed by atoms with Gasteiger partial charge < -0.3 is 4.74 Å². The van der Waals surface area contributed by atoms with Crippen molar-refractivity contribution in [2.24, 2.45) is 5.92 Å². The van der Waals surface area contributed by atoms with Crippen LogP contribution in [0.15, 0.2) is 43.0 Å². The van der Waals surface area contributed by atoms with Crippen LogP contribution in [0.25, 0.3) is 0 Å². The second-order valence-corrected chi connectivity index (χ2v) is 11.7. The highest BCUT2D eigenvalue weighted by molar-refractivity contribution is 6.80. The lowest BCUT2D eigenvalue weighted by Crippen LogP contribution is -2.71. The highest BCUT2D eigenvalue weighted by Gasteiger charge is 2.62. The molecule has 2 rings (SSSR count). The molecule has 21 heavy (non-hydrogen) atoms.